The van der Waals surface area contributed by atoms with Crippen LogP contribution in [0.25, 0.3) is 22.2 Å². The topological polar surface area (TPSA) is 139 Å². The van der Waals surface area contributed by atoms with Crippen molar-refractivity contribution in [3.05, 3.63) is 54.6 Å². The molecule has 156 valence electrons. The van der Waals surface area contributed by atoms with Crippen LogP contribution in [0, 0.1) is 5.92 Å². The summed E-state index contributed by atoms with van der Waals surface area (Å²) in [6, 6.07) is 17.1. The van der Waals surface area contributed by atoms with Crippen LogP contribution in [-0.4, -0.2) is 39.2 Å². The first-order valence-corrected chi connectivity index (χ1v) is 10.1. The van der Waals surface area contributed by atoms with E-state index in [0.29, 0.717) is 23.9 Å². The number of rotatable bonds is 4. The van der Waals surface area contributed by atoms with Gasteiger partial charge in [0.1, 0.15) is 5.82 Å². The van der Waals surface area contributed by atoms with Gasteiger partial charge in [-0.15, -0.1) is 0 Å². The van der Waals surface area contributed by atoms with Crippen LogP contribution >= 0.6 is 0 Å². The SMILES string of the molecule is Nc1nc(-c2ccc3c(N)n[nH]c3c2)cc(N2CCC(C(=O)Nc3ccccc3)C2)n1. The number of hydrogen-bond acceptors (Lipinski definition) is 7. The highest BCUT2D eigenvalue weighted by Gasteiger charge is 2.29. The molecule has 1 saturated heterocycles. The van der Waals surface area contributed by atoms with Gasteiger partial charge in [0.05, 0.1) is 17.1 Å². The zero-order chi connectivity index (χ0) is 21.4. The van der Waals surface area contributed by atoms with E-state index >= 15 is 0 Å². The number of amides is 1. The second kappa shape index (κ2) is 7.60. The minimum Gasteiger partial charge on any atom is -0.382 e. The molecule has 31 heavy (non-hydrogen) atoms. The molecule has 1 aliphatic heterocycles. The van der Waals surface area contributed by atoms with Crippen LogP contribution in [0.2, 0.25) is 0 Å². The average molecular weight is 414 g/mol. The lowest BCUT2D eigenvalue weighted by Gasteiger charge is -2.18. The Balaban J connectivity index is 1.36. The predicted molar refractivity (Wildman–Crippen MR) is 121 cm³/mol. The van der Waals surface area contributed by atoms with E-state index < -0.39 is 0 Å². The fourth-order valence-corrected chi connectivity index (χ4v) is 3.91. The number of H-pyrrole nitrogens is 1. The third kappa shape index (κ3) is 3.73. The number of hydrogen-bond donors (Lipinski definition) is 4. The van der Waals surface area contributed by atoms with E-state index in [-0.39, 0.29) is 17.8 Å². The van der Waals surface area contributed by atoms with Crippen LogP contribution in [0.1, 0.15) is 6.42 Å². The highest BCUT2D eigenvalue weighted by molar-refractivity contribution is 5.93. The number of nitrogens with two attached hydrogens (primary N) is 2. The number of anilines is 4. The van der Waals surface area contributed by atoms with Crippen LogP contribution in [0.3, 0.4) is 0 Å². The summed E-state index contributed by atoms with van der Waals surface area (Å²) in [5.74, 6) is 1.25. The molecule has 0 radical (unpaired) electrons. The molecule has 5 rings (SSSR count). The highest BCUT2D eigenvalue weighted by Crippen LogP contribution is 2.29. The molecule has 1 aliphatic rings. The zero-order valence-corrected chi connectivity index (χ0v) is 16.7. The van der Waals surface area contributed by atoms with Gasteiger partial charge in [0, 0.05) is 35.8 Å². The van der Waals surface area contributed by atoms with Gasteiger partial charge in [-0.25, -0.2) is 4.98 Å². The monoisotopic (exact) mass is 414 g/mol. The molecule has 0 saturated carbocycles. The first-order valence-electron chi connectivity index (χ1n) is 10.1. The Morgan fingerprint density at radius 1 is 1.10 bits per heavy atom. The molecule has 2 aromatic carbocycles. The lowest BCUT2D eigenvalue weighted by atomic mass is 10.1. The molecule has 9 heteroatoms. The van der Waals surface area contributed by atoms with Gasteiger partial charge in [0.25, 0.3) is 0 Å². The number of para-hydroxylation sites is 1. The molecular formula is C22H22N8O. The van der Waals surface area contributed by atoms with Crippen LogP contribution in [0.4, 0.5) is 23.3 Å². The van der Waals surface area contributed by atoms with Gasteiger partial charge in [-0.2, -0.15) is 10.1 Å². The summed E-state index contributed by atoms with van der Waals surface area (Å²) in [6.07, 6.45) is 0.747. The minimum atomic E-state index is -0.121. The zero-order valence-electron chi connectivity index (χ0n) is 16.7. The van der Waals surface area contributed by atoms with Crippen molar-refractivity contribution in [3.63, 3.8) is 0 Å². The van der Waals surface area contributed by atoms with Crippen LogP contribution in [-0.2, 0) is 4.79 Å². The number of aromatic amines is 1. The number of carbonyl (C=O) groups excluding carboxylic acids is 1. The van der Waals surface area contributed by atoms with Gasteiger partial charge in [-0.3, -0.25) is 9.89 Å². The average Bonchev–Trinajstić information content (AvgIpc) is 3.41. The molecule has 4 aromatic rings. The third-order valence-electron chi connectivity index (χ3n) is 5.54. The molecule has 1 amide bonds. The molecule has 1 atom stereocenters. The quantitative estimate of drug-likeness (QED) is 0.402. The van der Waals surface area contributed by atoms with Crippen molar-refractivity contribution in [2.75, 3.05) is 34.8 Å². The Kier molecular flexibility index (Phi) is 4.62. The molecule has 1 unspecified atom stereocenters. The van der Waals surface area contributed by atoms with Crippen molar-refractivity contribution in [2.24, 2.45) is 5.92 Å². The van der Waals surface area contributed by atoms with Crippen LogP contribution < -0.4 is 21.7 Å². The maximum absolute atomic E-state index is 12.7. The lowest BCUT2D eigenvalue weighted by Crippen LogP contribution is -2.27. The van der Waals surface area contributed by atoms with Crippen molar-refractivity contribution in [3.8, 4) is 11.3 Å². The van der Waals surface area contributed by atoms with Gasteiger partial charge >= 0.3 is 0 Å². The van der Waals surface area contributed by atoms with Crippen molar-refractivity contribution >= 4 is 40.1 Å². The maximum Gasteiger partial charge on any atom is 0.229 e. The van der Waals surface area contributed by atoms with Gasteiger partial charge < -0.3 is 21.7 Å². The summed E-state index contributed by atoms with van der Waals surface area (Å²) < 4.78 is 0. The molecule has 9 nitrogen and oxygen atoms in total. The lowest BCUT2D eigenvalue weighted by molar-refractivity contribution is -0.119. The second-order valence-corrected chi connectivity index (χ2v) is 7.63. The number of fused-ring (bicyclic) bond motifs is 1. The summed E-state index contributed by atoms with van der Waals surface area (Å²) in [7, 11) is 0. The van der Waals surface area contributed by atoms with Crippen LogP contribution in [0.5, 0.6) is 0 Å². The molecular weight excluding hydrogens is 392 g/mol. The number of carbonyl (C=O) groups is 1. The van der Waals surface area contributed by atoms with E-state index in [4.69, 9.17) is 11.5 Å². The van der Waals surface area contributed by atoms with Crippen molar-refractivity contribution in [1.82, 2.24) is 20.2 Å². The van der Waals surface area contributed by atoms with E-state index in [9.17, 15) is 4.79 Å². The van der Waals surface area contributed by atoms with Gasteiger partial charge in [0.2, 0.25) is 11.9 Å². The third-order valence-corrected chi connectivity index (χ3v) is 5.54. The fourth-order valence-electron chi connectivity index (χ4n) is 3.91. The maximum atomic E-state index is 12.7. The first-order chi connectivity index (χ1) is 15.1. The summed E-state index contributed by atoms with van der Waals surface area (Å²) in [4.78, 5) is 23.5. The van der Waals surface area contributed by atoms with E-state index in [1.54, 1.807) is 0 Å². The minimum absolute atomic E-state index is 0.0123. The Hall–Kier alpha value is -4.14. The van der Waals surface area contributed by atoms with E-state index in [1.165, 1.54) is 0 Å². The summed E-state index contributed by atoms with van der Waals surface area (Å²) >= 11 is 0. The van der Waals surface area contributed by atoms with Crippen molar-refractivity contribution in [1.29, 1.82) is 0 Å². The number of nitrogens with zero attached hydrogens (tertiary/aromatic N) is 4. The van der Waals surface area contributed by atoms with Crippen molar-refractivity contribution < 1.29 is 4.79 Å². The number of nitrogens with one attached hydrogen (secondary N) is 2. The number of benzene rings is 2. The Bertz CT molecular complexity index is 1250. The normalized spacial score (nSPS) is 16.0. The van der Waals surface area contributed by atoms with E-state index in [2.05, 4.69) is 30.4 Å². The molecule has 2 aromatic heterocycles. The summed E-state index contributed by atoms with van der Waals surface area (Å²) in [5.41, 5.74) is 15.1. The van der Waals surface area contributed by atoms with Gasteiger partial charge in [-0.05, 0) is 30.7 Å². The number of nitrogen functional groups attached to an aromatic ring is 2. The standard InChI is InChI=1S/C22H22N8O/c23-20-16-7-6-13(10-18(16)28-29-20)17-11-19(27-22(24)26-17)30-9-8-14(12-30)21(31)25-15-4-2-1-3-5-15/h1-7,10-11,14H,8-9,12H2,(H,25,31)(H3,23,28,29)(H2,24,26,27). The molecule has 0 aliphatic carbocycles. The molecule has 1 fully saturated rings. The molecule has 3 heterocycles. The van der Waals surface area contributed by atoms with Gasteiger partial charge in [-0.1, -0.05) is 24.3 Å². The smallest absolute Gasteiger partial charge is 0.229 e. The van der Waals surface area contributed by atoms with Crippen molar-refractivity contribution in [2.45, 2.75) is 6.42 Å². The number of aromatic nitrogens is 4. The van der Waals surface area contributed by atoms with Gasteiger partial charge in [0.15, 0.2) is 5.82 Å². The predicted octanol–water partition coefficient (Wildman–Crippen LogP) is 2.65. The van der Waals surface area contributed by atoms with E-state index in [1.807, 2.05) is 54.6 Å². The summed E-state index contributed by atoms with van der Waals surface area (Å²) in [6.45, 7) is 1.30. The molecule has 0 bridgehead atoms. The van der Waals surface area contributed by atoms with E-state index in [0.717, 1.165) is 35.1 Å². The Labute approximate surface area is 178 Å². The first kappa shape index (κ1) is 18.9. The Morgan fingerprint density at radius 3 is 2.77 bits per heavy atom. The fraction of sp³-hybridized carbons (Fsp3) is 0.182. The molecule has 6 N–H and O–H groups in total. The highest BCUT2D eigenvalue weighted by atomic mass is 16.1. The Morgan fingerprint density at radius 2 is 1.94 bits per heavy atom. The molecule has 0 spiro atoms. The second-order valence-electron chi connectivity index (χ2n) is 7.63. The summed E-state index contributed by atoms with van der Waals surface area (Å²) in [5, 5.41) is 10.8. The van der Waals surface area contributed by atoms with Crippen LogP contribution in [0.15, 0.2) is 54.6 Å². The largest absolute Gasteiger partial charge is 0.382 e.